The lowest BCUT2D eigenvalue weighted by molar-refractivity contribution is 0.0963. The van der Waals surface area contributed by atoms with Crippen molar-refractivity contribution >= 4 is 17.4 Å². The number of methoxy groups -OCH3 is 1. The SMILES string of the molecule is CCCc1nn(-c2cc(Cl)ccc2OC)c2c1C(=O)C[C@H](c1ccccc1)C2. The number of benzene rings is 2. The van der Waals surface area contributed by atoms with Crippen LogP contribution in [0.1, 0.15) is 53.0 Å². The number of aryl methyl sites for hydroxylation is 1. The van der Waals surface area contributed by atoms with Gasteiger partial charge in [-0.2, -0.15) is 5.10 Å². The van der Waals surface area contributed by atoms with E-state index in [1.807, 2.05) is 35.0 Å². The Kier molecular flexibility index (Phi) is 5.23. The number of halogens is 1. The Morgan fingerprint density at radius 3 is 2.68 bits per heavy atom. The van der Waals surface area contributed by atoms with Crippen LogP contribution in [0.15, 0.2) is 48.5 Å². The molecule has 5 heteroatoms. The van der Waals surface area contributed by atoms with Gasteiger partial charge in [0.15, 0.2) is 5.78 Å². The zero-order chi connectivity index (χ0) is 19.7. The van der Waals surface area contributed by atoms with E-state index in [0.29, 0.717) is 17.2 Å². The Morgan fingerprint density at radius 1 is 1.18 bits per heavy atom. The fraction of sp³-hybridized carbons (Fsp3) is 0.304. The minimum atomic E-state index is 0.149. The second kappa shape index (κ2) is 7.80. The summed E-state index contributed by atoms with van der Waals surface area (Å²) in [4.78, 5) is 13.1. The summed E-state index contributed by atoms with van der Waals surface area (Å²) in [6.07, 6.45) is 3.00. The molecule has 0 saturated carbocycles. The van der Waals surface area contributed by atoms with Crippen LogP contribution >= 0.6 is 11.6 Å². The molecular weight excluding hydrogens is 372 g/mol. The van der Waals surface area contributed by atoms with Crippen molar-refractivity contribution in [3.63, 3.8) is 0 Å². The highest BCUT2D eigenvalue weighted by molar-refractivity contribution is 6.30. The van der Waals surface area contributed by atoms with Crippen molar-refractivity contribution < 1.29 is 9.53 Å². The zero-order valence-corrected chi connectivity index (χ0v) is 16.9. The first-order valence-corrected chi connectivity index (χ1v) is 10.0. The Hall–Kier alpha value is -2.59. The van der Waals surface area contributed by atoms with Gasteiger partial charge >= 0.3 is 0 Å². The number of aromatic nitrogens is 2. The van der Waals surface area contributed by atoms with Crippen molar-refractivity contribution in [1.29, 1.82) is 0 Å². The third-order valence-corrected chi connectivity index (χ3v) is 5.57. The number of hydrogen-bond donors (Lipinski definition) is 0. The van der Waals surface area contributed by atoms with Crippen molar-refractivity contribution in [3.05, 3.63) is 76.1 Å². The minimum Gasteiger partial charge on any atom is -0.494 e. The number of carbonyl (C=O) groups is 1. The van der Waals surface area contributed by atoms with Crippen LogP contribution in [0.5, 0.6) is 5.75 Å². The van der Waals surface area contributed by atoms with Gasteiger partial charge < -0.3 is 4.74 Å². The number of ketones is 1. The average molecular weight is 395 g/mol. The summed E-state index contributed by atoms with van der Waals surface area (Å²) in [5.41, 5.74) is 4.57. The molecule has 4 rings (SSSR count). The Bertz CT molecular complexity index is 1010. The van der Waals surface area contributed by atoms with Gasteiger partial charge in [-0.05, 0) is 42.5 Å². The molecule has 1 aliphatic rings. The molecule has 0 amide bonds. The molecule has 1 aromatic heterocycles. The third-order valence-electron chi connectivity index (χ3n) is 5.33. The van der Waals surface area contributed by atoms with Crippen LogP contribution in [0.2, 0.25) is 5.02 Å². The van der Waals surface area contributed by atoms with Crippen LogP contribution in [-0.4, -0.2) is 22.7 Å². The van der Waals surface area contributed by atoms with E-state index in [2.05, 4.69) is 19.1 Å². The highest BCUT2D eigenvalue weighted by Gasteiger charge is 2.33. The quantitative estimate of drug-likeness (QED) is 0.582. The fourth-order valence-electron chi connectivity index (χ4n) is 4.05. The van der Waals surface area contributed by atoms with Gasteiger partial charge in [-0.15, -0.1) is 0 Å². The largest absolute Gasteiger partial charge is 0.494 e. The molecule has 1 aliphatic carbocycles. The van der Waals surface area contributed by atoms with Crippen LogP contribution in [0.4, 0.5) is 0 Å². The van der Waals surface area contributed by atoms with E-state index >= 15 is 0 Å². The van der Waals surface area contributed by atoms with Crippen LogP contribution in [0.25, 0.3) is 5.69 Å². The van der Waals surface area contributed by atoms with Crippen LogP contribution in [-0.2, 0) is 12.8 Å². The smallest absolute Gasteiger partial charge is 0.167 e. The van der Waals surface area contributed by atoms with Crippen LogP contribution < -0.4 is 4.74 Å². The molecule has 0 aliphatic heterocycles. The first kappa shape index (κ1) is 18.8. The molecule has 1 atom stereocenters. The first-order chi connectivity index (χ1) is 13.6. The van der Waals surface area contributed by atoms with Gasteiger partial charge in [0.2, 0.25) is 0 Å². The molecular formula is C23H23ClN2O2. The molecule has 28 heavy (non-hydrogen) atoms. The molecule has 0 spiro atoms. The molecule has 1 heterocycles. The predicted molar refractivity (Wildman–Crippen MR) is 111 cm³/mol. The second-order valence-electron chi connectivity index (χ2n) is 7.19. The Morgan fingerprint density at radius 2 is 1.96 bits per heavy atom. The van der Waals surface area contributed by atoms with E-state index in [4.69, 9.17) is 21.4 Å². The highest BCUT2D eigenvalue weighted by Crippen LogP contribution is 2.37. The summed E-state index contributed by atoms with van der Waals surface area (Å²) in [6, 6.07) is 15.7. The van der Waals surface area contributed by atoms with Gasteiger partial charge in [0.1, 0.15) is 11.4 Å². The fourth-order valence-corrected chi connectivity index (χ4v) is 4.21. The van der Waals surface area contributed by atoms with E-state index in [9.17, 15) is 4.79 Å². The van der Waals surface area contributed by atoms with Crippen molar-refractivity contribution in [1.82, 2.24) is 9.78 Å². The predicted octanol–water partition coefficient (Wildman–Crippen LogP) is 5.40. The van der Waals surface area contributed by atoms with Crippen LogP contribution in [0.3, 0.4) is 0 Å². The summed E-state index contributed by atoms with van der Waals surface area (Å²) in [5.74, 6) is 1.01. The van der Waals surface area contributed by atoms with E-state index < -0.39 is 0 Å². The monoisotopic (exact) mass is 394 g/mol. The van der Waals surface area contributed by atoms with Gasteiger partial charge in [0, 0.05) is 11.4 Å². The maximum Gasteiger partial charge on any atom is 0.167 e. The lowest BCUT2D eigenvalue weighted by Gasteiger charge is -2.23. The van der Waals surface area contributed by atoms with Crippen molar-refractivity contribution in [3.8, 4) is 11.4 Å². The van der Waals surface area contributed by atoms with Crippen molar-refractivity contribution in [2.75, 3.05) is 7.11 Å². The normalized spacial score (nSPS) is 16.1. The standard InChI is InChI=1S/C23H23ClN2O2/c1-3-7-18-23-20(12-16(13-21(23)27)15-8-5-4-6-9-15)26(25-18)19-14-17(24)10-11-22(19)28-2/h4-6,8-11,14,16H,3,7,12-13H2,1-2H3/t16-/m1/s1. The molecule has 2 aromatic carbocycles. The minimum absolute atomic E-state index is 0.149. The van der Waals surface area contributed by atoms with Crippen molar-refractivity contribution in [2.45, 2.75) is 38.5 Å². The lowest BCUT2D eigenvalue weighted by atomic mass is 9.81. The molecule has 0 saturated heterocycles. The van der Waals surface area contributed by atoms with Crippen LogP contribution in [0, 0.1) is 0 Å². The summed E-state index contributed by atoms with van der Waals surface area (Å²) in [5, 5.41) is 5.45. The maximum atomic E-state index is 13.1. The lowest BCUT2D eigenvalue weighted by Crippen LogP contribution is -2.21. The first-order valence-electron chi connectivity index (χ1n) is 9.65. The molecule has 4 nitrogen and oxygen atoms in total. The number of ether oxygens (including phenoxy) is 1. The summed E-state index contributed by atoms with van der Waals surface area (Å²) in [6.45, 7) is 2.10. The Balaban J connectivity index is 1.87. The number of carbonyl (C=O) groups excluding carboxylic acids is 1. The van der Waals surface area contributed by atoms with Gasteiger partial charge in [0.25, 0.3) is 0 Å². The molecule has 0 N–H and O–H groups in total. The highest BCUT2D eigenvalue weighted by atomic mass is 35.5. The van der Waals surface area contributed by atoms with Crippen molar-refractivity contribution in [2.24, 2.45) is 0 Å². The summed E-state index contributed by atoms with van der Waals surface area (Å²) >= 11 is 6.26. The molecule has 0 fully saturated rings. The molecule has 0 bridgehead atoms. The number of rotatable bonds is 5. The summed E-state index contributed by atoms with van der Waals surface area (Å²) in [7, 11) is 1.63. The topological polar surface area (TPSA) is 44.1 Å². The second-order valence-corrected chi connectivity index (χ2v) is 7.62. The molecule has 144 valence electrons. The zero-order valence-electron chi connectivity index (χ0n) is 16.1. The van der Waals surface area contributed by atoms with E-state index in [-0.39, 0.29) is 11.7 Å². The van der Waals surface area contributed by atoms with Gasteiger partial charge in [0.05, 0.1) is 24.1 Å². The van der Waals surface area contributed by atoms with E-state index in [0.717, 1.165) is 41.9 Å². The number of hydrogen-bond acceptors (Lipinski definition) is 3. The number of Topliss-reactive ketones (excluding diaryl/α,β-unsaturated/α-hetero) is 1. The van der Waals surface area contributed by atoms with E-state index in [1.165, 1.54) is 5.56 Å². The Labute approximate surface area is 170 Å². The van der Waals surface area contributed by atoms with Gasteiger partial charge in [-0.25, -0.2) is 4.68 Å². The molecule has 0 radical (unpaired) electrons. The van der Waals surface area contributed by atoms with Gasteiger partial charge in [-0.3, -0.25) is 4.79 Å². The number of nitrogens with zero attached hydrogens (tertiary/aromatic N) is 2. The maximum absolute atomic E-state index is 13.1. The average Bonchev–Trinajstić information content (AvgIpc) is 3.08. The number of fused-ring (bicyclic) bond motifs is 1. The summed E-state index contributed by atoms with van der Waals surface area (Å²) < 4.78 is 7.42. The van der Waals surface area contributed by atoms with Gasteiger partial charge in [-0.1, -0.05) is 55.3 Å². The van der Waals surface area contributed by atoms with E-state index in [1.54, 1.807) is 13.2 Å². The molecule has 0 unspecified atom stereocenters. The third kappa shape index (κ3) is 3.33. The molecule has 3 aromatic rings.